The molecule has 0 fully saturated rings. The van der Waals surface area contributed by atoms with Crippen molar-refractivity contribution in [3.8, 4) is 0 Å². The van der Waals surface area contributed by atoms with Gasteiger partial charge in [-0.3, -0.25) is 9.59 Å². The Balaban J connectivity index is 0.000000563. The van der Waals surface area contributed by atoms with Crippen molar-refractivity contribution in [2.75, 3.05) is 0 Å². The highest BCUT2D eigenvalue weighted by atomic mass is 16.4. The maximum absolute atomic E-state index is 9.99. The predicted molar refractivity (Wildman–Crippen MR) is 103 cm³/mol. The third-order valence-electron chi connectivity index (χ3n) is 3.42. The summed E-state index contributed by atoms with van der Waals surface area (Å²) in [4.78, 5) is 18.7. The molecule has 6 heteroatoms. The zero-order valence-corrected chi connectivity index (χ0v) is 15.7. The first-order valence-corrected chi connectivity index (χ1v) is 8.71. The number of aliphatic hydroxyl groups excluding tert-OH is 2. The molecule has 0 amide bonds. The maximum Gasteiger partial charge on any atom is 0.303 e. The summed E-state index contributed by atoms with van der Waals surface area (Å²) in [6.45, 7) is 3.20. The van der Waals surface area contributed by atoms with Crippen LogP contribution in [0.3, 0.4) is 0 Å². The molecule has 2 rings (SSSR count). The second-order valence-corrected chi connectivity index (χ2v) is 5.58. The van der Waals surface area contributed by atoms with E-state index in [1.165, 1.54) is 0 Å². The van der Waals surface area contributed by atoms with Crippen LogP contribution < -0.4 is 0 Å². The van der Waals surface area contributed by atoms with Gasteiger partial charge in [0, 0.05) is 19.3 Å². The molecule has 0 spiro atoms. The van der Waals surface area contributed by atoms with Gasteiger partial charge in [0.25, 0.3) is 0 Å². The van der Waals surface area contributed by atoms with Gasteiger partial charge in [0.05, 0.1) is 12.2 Å². The largest absolute Gasteiger partial charge is 0.481 e. The van der Waals surface area contributed by atoms with Crippen LogP contribution in [0.5, 0.6) is 0 Å². The molecule has 4 N–H and O–H groups in total. The van der Waals surface area contributed by atoms with E-state index in [4.69, 9.17) is 10.2 Å². The highest BCUT2D eigenvalue weighted by Gasteiger charge is 2.14. The lowest BCUT2D eigenvalue weighted by molar-refractivity contribution is -0.137. The smallest absolute Gasteiger partial charge is 0.303 e. The molecule has 0 bridgehead atoms. The first-order chi connectivity index (χ1) is 12.8. The second-order valence-electron chi connectivity index (χ2n) is 5.58. The summed E-state index contributed by atoms with van der Waals surface area (Å²) in [5.74, 6) is -1.49. The summed E-state index contributed by atoms with van der Waals surface area (Å²) >= 11 is 0. The van der Waals surface area contributed by atoms with Gasteiger partial charge in [-0.1, -0.05) is 74.5 Å². The molecule has 2 aromatic rings. The van der Waals surface area contributed by atoms with Gasteiger partial charge in [0.1, 0.15) is 0 Å². The number of hydrogen-bond donors (Lipinski definition) is 4. The summed E-state index contributed by atoms with van der Waals surface area (Å²) in [6.07, 6.45) is -0.508. The SMILES string of the molecule is CCC(=O)O.CCC(=O)O.OC(CC(O)c1ccccc1)c1ccccc1. The molecule has 2 aromatic carbocycles. The van der Waals surface area contributed by atoms with E-state index in [0.29, 0.717) is 6.42 Å². The van der Waals surface area contributed by atoms with Crippen molar-refractivity contribution < 1.29 is 30.0 Å². The Morgan fingerprint density at radius 3 is 1.19 bits per heavy atom. The van der Waals surface area contributed by atoms with Gasteiger partial charge in [-0.2, -0.15) is 0 Å². The molecule has 148 valence electrons. The minimum Gasteiger partial charge on any atom is -0.481 e. The minimum absolute atomic E-state index is 0.222. The van der Waals surface area contributed by atoms with Crippen molar-refractivity contribution in [2.24, 2.45) is 0 Å². The zero-order chi connectivity index (χ0) is 20.7. The van der Waals surface area contributed by atoms with Crippen molar-refractivity contribution in [2.45, 2.75) is 45.3 Å². The van der Waals surface area contributed by atoms with E-state index < -0.39 is 24.1 Å². The molecule has 0 radical (unpaired) electrons. The summed E-state index contributed by atoms with van der Waals surface area (Å²) in [5.41, 5.74) is 1.67. The van der Waals surface area contributed by atoms with E-state index in [9.17, 15) is 19.8 Å². The molecule has 0 aliphatic heterocycles. The Kier molecular flexibility index (Phi) is 13.0. The Bertz CT molecular complexity index is 585. The lowest BCUT2D eigenvalue weighted by Crippen LogP contribution is -2.05. The molecule has 2 atom stereocenters. The van der Waals surface area contributed by atoms with Crippen LogP contribution >= 0.6 is 0 Å². The van der Waals surface area contributed by atoms with E-state index in [1.807, 2.05) is 60.7 Å². The lowest BCUT2D eigenvalue weighted by Gasteiger charge is -2.16. The highest BCUT2D eigenvalue weighted by molar-refractivity contribution is 5.66. The quantitative estimate of drug-likeness (QED) is 0.609. The third-order valence-corrected chi connectivity index (χ3v) is 3.42. The van der Waals surface area contributed by atoms with Crippen LogP contribution in [0.15, 0.2) is 60.7 Å². The van der Waals surface area contributed by atoms with Gasteiger partial charge in [-0.15, -0.1) is 0 Å². The van der Waals surface area contributed by atoms with Gasteiger partial charge in [0.15, 0.2) is 0 Å². The molecule has 0 heterocycles. The van der Waals surface area contributed by atoms with Crippen LogP contribution in [0.4, 0.5) is 0 Å². The second kappa shape index (κ2) is 14.5. The van der Waals surface area contributed by atoms with Crippen molar-refractivity contribution in [1.82, 2.24) is 0 Å². The van der Waals surface area contributed by atoms with Crippen LogP contribution in [0.25, 0.3) is 0 Å². The van der Waals surface area contributed by atoms with Gasteiger partial charge in [0.2, 0.25) is 0 Å². The topological polar surface area (TPSA) is 115 Å². The first kappa shape index (κ1) is 24.3. The number of rotatable bonds is 6. The maximum atomic E-state index is 9.99. The van der Waals surface area contributed by atoms with E-state index in [1.54, 1.807) is 13.8 Å². The molecular weight excluding hydrogens is 348 g/mol. The molecule has 6 nitrogen and oxygen atoms in total. The normalized spacial score (nSPS) is 11.7. The highest BCUT2D eigenvalue weighted by Crippen LogP contribution is 2.25. The number of carbonyl (C=O) groups is 2. The van der Waals surface area contributed by atoms with Gasteiger partial charge in [-0.25, -0.2) is 0 Å². The summed E-state index contributed by atoms with van der Waals surface area (Å²) < 4.78 is 0. The van der Waals surface area contributed by atoms with Crippen molar-refractivity contribution in [3.05, 3.63) is 71.8 Å². The number of aliphatic hydroxyl groups is 2. The standard InChI is InChI=1S/C15H16O2.2C3H6O2/c16-14(12-7-3-1-4-8-12)11-15(17)13-9-5-2-6-10-13;2*1-2-3(4)5/h1-10,14-17H,11H2;2*2H2,1H3,(H,4,5). The van der Waals surface area contributed by atoms with Gasteiger partial charge >= 0.3 is 11.9 Å². The lowest BCUT2D eigenvalue weighted by atomic mass is 9.99. The monoisotopic (exact) mass is 376 g/mol. The van der Waals surface area contributed by atoms with Crippen LogP contribution in [0, 0.1) is 0 Å². The fourth-order valence-electron chi connectivity index (χ4n) is 1.83. The molecule has 0 aliphatic rings. The number of carboxylic acids is 2. The van der Waals surface area contributed by atoms with Crippen molar-refractivity contribution in [3.63, 3.8) is 0 Å². The van der Waals surface area contributed by atoms with Crippen LogP contribution in [0.2, 0.25) is 0 Å². The van der Waals surface area contributed by atoms with E-state index in [-0.39, 0.29) is 12.8 Å². The summed E-state index contributed by atoms with van der Waals surface area (Å²) in [6, 6.07) is 18.8. The Hall–Kier alpha value is -2.70. The Morgan fingerprint density at radius 2 is 0.963 bits per heavy atom. The average molecular weight is 376 g/mol. The molecule has 2 unspecified atom stereocenters. The number of carboxylic acid groups (broad SMARTS) is 2. The fraction of sp³-hybridized carbons (Fsp3) is 0.333. The average Bonchev–Trinajstić information content (AvgIpc) is 2.70. The zero-order valence-electron chi connectivity index (χ0n) is 15.7. The summed E-state index contributed by atoms with van der Waals surface area (Å²) in [7, 11) is 0. The molecule has 0 saturated carbocycles. The van der Waals surface area contributed by atoms with Gasteiger partial charge < -0.3 is 20.4 Å². The molecule has 0 aliphatic carbocycles. The number of hydrogen-bond acceptors (Lipinski definition) is 4. The molecule has 27 heavy (non-hydrogen) atoms. The molecule has 0 aromatic heterocycles. The molecular formula is C21H28O6. The van der Waals surface area contributed by atoms with Crippen LogP contribution in [-0.4, -0.2) is 32.4 Å². The van der Waals surface area contributed by atoms with E-state index >= 15 is 0 Å². The van der Waals surface area contributed by atoms with E-state index in [2.05, 4.69) is 0 Å². The predicted octanol–water partition coefficient (Wildman–Crippen LogP) is 3.81. The van der Waals surface area contributed by atoms with Crippen LogP contribution in [-0.2, 0) is 9.59 Å². The minimum atomic E-state index is -0.745. The Morgan fingerprint density at radius 1 is 0.704 bits per heavy atom. The third kappa shape index (κ3) is 12.3. The van der Waals surface area contributed by atoms with Gasteiger partial charge in [-0.05, 0) is 11.1 Å². The summed E-state index contributed by atoms with van der Waals surface area (Å²) in [5, 5.41) is 35.4. The molecule has 0 saturated heterocycles. The van der Waals surface area contributed by atoms with E-state index in [0.717, 1.165) is 11.1 Å². The Labute approximate surface area is 159 Å². The van der Waals surface area contributed by atoms with Crippen molar-refractivity contribution in [1.29, 1.82) is 0 Å². The first-order valence-electron chi connectivity index (χ1n) is 8.71. The fourth-order valence-corrected chi connectivity index (χ4v) is 1.83. The number of aliphatic carboxylic acids is 2. The van der Waals surface area contributed by atoms with Crippen LogP contribution in [0.1, 0.15) is 56.4 Å². The number of benzene rings is 2. The van der Waals surface area contributed by atoms with Crippen molar-refractivity contribution >= 4 is 11.9 Å².